The number of aliphatic hydroxyl groups is 8. The average Bonchev–Trinajstić information content (AvgIpc) is 2.85. The van der Waals surface area contributed by atoms with Crippen molar-refractivity contribution < 1.29 is 55.1 Å². The van der Waals surface area contributed by atoms with Crippen LogP contribution in [0.2, 0.25) is 0 Å². The third-order valence-electron chi connectivity index (χ3n) is 7.05. The van der Waals surface area contributed by atoms with Crippen molar-refractivity contribution in [2.75, 3.05) is 13.2 Å². The number of hydrogen-bond donors (Lipinski definition) is 8. The lowest BCUT2D eigenvalue weighted by atomic mass is 9.89. The van der Waals surface area contributed by atoms with E-state index in [1.807, 2.05) is 0 Å². The van der Waals surface area contributed by atoms with E-state index in [4.69, 9.17) is 14.2 Å². The maximum atomic E-state index is 10.9. The molecule has 208 valence electrons. The van der Waals surface area contributed by atoms with Crippen molar-refractivity contribution >= 4 is 0 Å². The highest BCUT2D eigenvalue weighted by Crippen LogP contribution is 2.35. The summed E-state index contributed by atoms with van der Waals surface area (Å²) in [5, 5.41) is 81.3. The van der Waals surface area contributed by atoms with Gasteiger partial charge in [0.05, 0.1) is 13.2 Å². The Kier molecular flexibility index (Phi) is 13.3. The SMILES string of the molecule is CCCCCCCCCCCC[C@@]1(O)O[C@H](CO)[C@@H](O[C@@H]2O[C@H](CO)[C@H](O)[C@H](O)[C@H]2O)[C@H](O)[C@H]1O. The Balaban J connectivity index is 1.85. The summed E-state index contributed by atoms with van der Waals surface area (Å²) >= 11 is 0. The van der Waals surface area contributed by atoms with E-state index in [-0.39, 0.29) is 6.42 Å². The van der Waals surface area contributed by atoms with Crippen molar-refractivity contribution in [1.29, 1.82) is 0 Å². The molecule has 0 aromatic rings. The van der Waals surface area contributed by atoms with Gasteiger partial charge in [-0.3, -0.25) is 0 Å². The number of rotatable bonds is 15. The molecule has 0 aliphatic carbocycles. The predicted octanol–water partition coefficient (Wildman–Crippen LogP) is -0.716. The standard InChI is InChI=1S/C24H46O11/c1-2-3-4-5-6-7-8-9-10-11-12-24(32)22(31)20(30)21(16(14-26)35-24)34-23-19(29)18(28)17(27)15(13-25)33-23/h15-23,25-32H,2-14H2,1H3/t15-,16-,17+,18+,19-,20+,21-,22-,23+,24-/m1/s1. The first-order chi connectivity index (χ1) is 16.7. The minimum Gasteiger partial charge on any atom is -0.394 e. The molecule has 11 nitrogen and oxygen atoms in total. The fraction of sp³-hybridized carbons (Fsp3) is 1.00. The summed E-state index contributed by atoms with van der Waals surface area (Å²) in [7, 11) is 0. The highest BCUT2D eigenvalue weighted by molar-refractivity contribution is 4.98. The molecule has 0 radical (unpaired) electrons. The van der Waals surface area contributed by atoms with Crippen LogP contribution in [0.3, 0.4) is 0 Å². The lowest BCUT2D eigenvalue weighted by molar-refractivity contribution is -0.384. The van der Waals surface area contributed by atoms with E-state index in [2.05, 4.69) is 6.92 Å². The van der Waals surface area contributed by atoms with Gasteiger partial charge in [0.25, 0.3) is 0 Å². The van der Waals surface area contributed by atoms with Crippen LogP contribution in [-0.2, 0) is 14.2 Å². The van der Waals surface area contributed by atoms with Crippen LogP contribution in [0.15, 0.2) is 0 Å². The Bertz CT molecular complexity index is 578. The van der Waals surface area contributed by atoms with Crippen molar-refractivity contribution in [3.05, 3.63) is 0 Å². The molecule has 11 heteroatoms. The van der Waals surface area contributed by atoms with Crippen LogP contribution in [0.1, 0.15) is 77.6 Å². The molecule has 35 heavy (non-hydrogen) atoms. The highest BCUT2D eigenvalue weighted by Gasteiger charge is 2.55. The van der Waals surface area contributed by atoms with E-state index in [0.29, 0.717) is 6.42 Å². The second-order valence-electron chi connectivity index (χ2n) is 9.85. The third-order valence-corrected chi connectivity index (χ3v) is 7.05. The van der Waals surface area contributed by atoms with Crippen molar-refractivity contribution in [2.24, 2.45) is 0 Å². The van der Waals surface area contributed by atoms with E-state index in [1.54, 1.807) is 0 Å². The Morgan fingerprint density at radius 1 is 0.686 bits per heavy atom. The van der Waals surface area contributed by atoms with Crippen LogP contribution in [0.4, 0.5) is 0 Å². The molecular weight excluding hydrogens is 464 g/mol. The molecule has 2 fully saturated rings. The first-order valence-corrected chi connectivity index (χ1v) is 13.0. The third kappa shape index (κ3) is 8.27. The largest absolute Gasteiger partial charge is 0.394 e. The van der Waals surface area contributed by atoms with E-state index in [1.165, 1.54) is 32.1 Å². The Morgan fingerprint density at radius 3 is 1.77 bits per heavy atom. The number of aliphatic hydroxyl groups excluding tert-OH is 7. The summed E-state index contributed by atoms with van der Waals surface area (Å²) in [6, 6.07) is 0. The van der Waals surface area contributed by atoms with Crippen molar-refractivity contribution in [2.45, 2.75) is 138 Å². The van der Waals surface area contributed by atoms with Gasteiger partial charge in [-0.1, -0.05) is 64.7 Å². The Hall–Kier alpha value is -0.440. The van der Waals surface area contributed by atoms with Crippen LogP contribution >= 0.6 is 0 Å². The second-order valence-corrected chi connectivity index (χ2v) is 9.85. The van der Waals surface area contributed by atoms with Gasteiger partial charge in [0, 0.05) is 6.42 Å². The van der Waals surface area contributed by atoms with E-state index in [9.17, 15) is 40.9 Å². The topological polar surface area (TPSA) is 190 Å². The quantitative estimate of drug-likeness (QED) is 0.130. The molecule has 0 saturated carbocycles. The second kappa shape index (κ2) is 15.1. The molecule has 2 heterocycles. The van der Waals surface area contributed by atoms with Gasteiger partial charge in [-0.05, 0) is 6.42 Å². The number of hydrogen-bond acceptors (Lipinski definition) is 11. The van der Waals surface area contributed by atoms with E-state index < -0.39 is 74.1 Å². The maximum absolute atomic E-state index is 10.9. The van der Waals surface area contributed by atoms with E-state index >= 15 is 0 Å². The maximum Gasteiger partial charge on any atom is 0.195 e. The highest BCUT2D eigenvalue weighted by atomic mass is 16.7. The predicted molar refractivity (Wildman–Crippen MR) is 124 cm³/mol. The van der Waals surface area contributed by atoms with Gasteiger partial charge in [-0.2, -0.15) is 0 Å². The minimum absolute atomic E-state index is 0.0466. The zero-order valence-electron chi connectivity index (χ0n) is 20.7. The summed E-state index contributed by atoms with van der Waals surface area (Å²) in [5.74, 6) is -2.10. The average molecular weight is 511 g/mol. The molecule has 2 aliphatic rings. The molecule has 0 aromatic carbocycles. The number of ether oxygens (including phenoxy) is 3. The molecule has 10 atom stereocenters. The van der Waals surface area contributed by atoms with Gasteiger partial charge >= 0.3 is 0 Å². The van der Waals surface area contributed by atoms with Crippen molar-refractivity contribution in [3.8, 4) is 0 Å². The Labute approximate surface area is 207 Å². The molecule has 2 rings (SSSR count). The van der Waals surface area contributed by atoms with E-state index in [0.717, 1.165) is 25.7 Å². The minimum atomic E-state index is -2.10. The summed E-state index contributed by atoms with van der Waals surface area (Å²) < 4.78 is 16.3. The van der Waals surface area contributed by atoms with Crippen molar-refractivity contribution in [1.82, 2.24) is 0 Å². The monoisotopic (exact) mass is 510 g/mol. The smallest absolute Gasteiger partial charge is 0.195 e. The molecule has 0 bridgehead atoms. The van der Waals surface area contributed by atoms with Crippen molar-refractivity contribution in [3.63, 3.8) is 0 Å². The summed E-state index contributed by atoms with van der Waals surface area (Å²) in [4.78, 5) is 0. The lowest BCUT2D eigenvalue weighted by Gasteiger charge is -2.49. The van der Waals surface area contributed by atoms with Gasteiger partial charge in [0.15, 0.2) is 12.1 Å². The zero-order valence-corrected chi connectivity index (χ0v) is 20.7. The normalized spacial score (nSPS) is 40.2. The summed E-state index contributed by atoms with van der Waals surface area (Å²) in [6.45, 7) is 0.849. The van der Waals surface area contributed by atoms with Crippen LogP contribution in [0.25, 0.3) is 0 Å². The van der Waals surface area contributed by atoms with Gasteiger partial charge in [-0.25, -0.2) is 0 Å². The fourth-order valence-corrected chi connectivity index (χ4v) is 4.78. The lowest BCUT2D eigenvalue weighted by Crippen LogP contribution is -2.68. The first kappa shape index (κ1) is 30.8. The fourth-order valence-electron chi connectivity index (χ4n) is 4.78. The number of unbranched alkanes of at least 4 members (excludes halogenated alkanes) is 9. The van der Waals surface area contributed by atoms with Gasteiger partial charge in [-0.15, -0.1) is 0 Å². The molecule has 0 amide bonds. The summed E-state index contributed by atoms with van der Waals surface area (Å²) in [6.07, 6.45) is -3.13. The first-order valence-electron chi connectivity index (χ1n) is 13.0. The van der Waals surface area contributed by atoms with Gasteiger partial charge in [0.1, 0.15) is 48.8 Å². The van der Waals surface area contributed by atoms with Gasteiger partial charge in [0.2, 0.25) is 0 Å². The molecule has 2 saturated heterocycles. The van der Waals surface area contributed by atoms with Crippen LogP contribution in [-0.4, -0.2) is 115 Å². The molecule has 8 N–H and O–H groups in total. The van der Waals surface area contributed by atoms with Crippen LogP contribution in [0.5, 0.6) is 0 Å². The molecule has 0 spiro atoms. The van der Waals surface area contributed by atoms with Crippen LogP contribution < -0.4 is 0 Å². The Morgan fingerprint density at radius 2 is 1.23 bits per heavy atom. The molecule has 0 unspecified atom stereocenters. The molecular formula is C24H46O11. The van der Waals surface area contributed by atoms with Crippen LogP contribution in [0, 0.1) is 0 Å². The summed E-state index contributed by atoms with van der Waals surface area (Å²) in [5.41, 5.74) is 0. The molecule has 2 aliphatic heterocycles. The molecule has 0 aromatic heterocycles. The zero-order chi connectivity index (χ0) is 26.0. The van der Waals surface area contributed by atoms with Gasteiger partial charge < -0.3 is 55.1 Å².